The molecule has 0 spiro atoms. The van der Waals surface area contributed by atoms with Crippen molar-refractivity contribution in [3.05, 3.63) is 59.4 Å². The van der Waals surface area contributed by atoms with E-state index in [1.165, 1.54) is 0 Å². The van der Waals surface area contributed by atoms with Gasteiger partial charge in [-0.3, -0.25) is 14.5 Å². The van der Waals surface area contributed by atoms with Gasteiger partial charge in [-0.25, -0.2) is 0 Å². The summed E-state index contributed by atoms with van der Waals surface area (Å²) in [6, 6.07) is 12.3. The van der Waals surface area contributed by atoms with Crippen LogP contribution < -0.4 is 5.32 Å². The number of amides is 2. The largest absolute Gasteiger partial charge is 0.355 e. The Balaban J connectivity index is 1.56. The highest BCUT2D eigenvalue weighted by Gasteiger charge is 2.21. The molecule has 6 nitrogen and oxygen atoms in total. The van der Waals surface area contributed by atoms with Gasteiger partial charge in [-0.15, -0.1) is 0 Å². The number of nitrogens with one attached hydrogen (secondary N) is 1. The van der Waals surface area contributed by atoms with Crippen LogP contribution in [0, 0.1) is 13.8 Å². The van der Waals surface area contributed by atoms with E-state index >= 15 is 0 Å². The molecule has 1 aliphatic rings. The molecule has 1 aromatic heterocycles. The molecule has 30 heavy (non-hydrogen) atoms. The maximum absolute atomic E-state index is 12.6. The highest BCUT2D eigenvalue weighted by Crippen LogP contribution is 2.21. The van der Waals surface area contributed by atoms with Gasteiger partial charge in [0, 0.05) is 55.9 Å². The number of aromatic nitrogens is 1. The smallest absolute Gasteiger partial charge is 0.246 e. The first-order valence-electron chi connectivity index (χ1n) is 10.7. The summed E-state index contributed by atoms with van der Waals surface area (Å²) in [5, 5.41) is 2.90. The summed E-state index contributed by atoms with van der Waals surface area (Å²) in [5.74, 6) is 0.0832. The molecule has 0 bridgehead atoms. The molecular formula is C24H32N4O2. The van der Waals surface area contributed by atoms with Gasteiger partial charge >= 0.3 is 0 Å². The Morgan fingerprint density at radius 2 is 1.77 bits per heavy atom. The van der Waals surface area contributed by atoms with Crippen molar-refractivity contribution in [2.45, 2.75) is 27.2 Å². The number of rotatable bonds is 7. The van der Waals surface area contributed by atoms with E-state index in [0.717, 1.165) is 42.1 Å². The van der Waals surface area contributed by atoms with E-state index in [1.54, 1.807) is 6.08 Å². The zero-order chi connectivity index (χ0) is 21.5. The first-order chi connectivity index (χ1) is 14.5. The van der Waals surface area contributed by atoms with Crippen molar-refractivity contribution < 1.29 is 9.59 Å². The standard InChI is InChI=1S/C24H32N4O2/c1-4-12-25-23(29)18-26-13-15-27(16-14-26)24(30)11-10-21-17-19(2)28(20(21)3)22-8-6-5-7-9-22/h5-11,17H,4,12-16,18H2,1-3H3,(H,25,29)/b11-10+. The minimum atomic E-state index is 0.0228. The highest BCUT2D eigenvalue weighted by atomic mass is 16.2. The second kappa shape index (κ2) is 10.3. The van der Waals surface area contributed by atoms with Crippen LogP contribution in [-0.4, -0.2) is 65.4 Å². The Hall–Kier alpha value is -2.86. The van der Waals surface area contributed by atoms with Crippen molar-refractivity contribution in [2.75, 3.05) is 39.3 Å². The lowest BCUT2D eigenvalue weighted by Crippen LogP contribution is -2.50. The summed E-state index contributed by atoms with van der Waals surface area (Å²) in [7, 11) is 0. The van der Waals surface area contributed by atoms with Crippen LogP contribution in [0.4, 0.5) is 0 Å². The van der Waals surface area contributed by atoms with Gasteiger partial charge in [0.05, 0.1) is 6.54 Å². The number of hydrogen-bond acceptors (Lipinski definition) is 3. The molecule has 1 aliphatic heterocycles. The monoisotopic (exact) mass is 408 g/mol. The maximum atomic E-state index is 12.6. The second-order valence-corrected chi connectivity index (χ2v) is 7.78. The van der Waals surface area contributed by atoms with E-state index in [-0.39, 0.29) is 11.8 Å². The lowest BCUT2D eigenvalue weighted by Gasteiger charge is -2.33. The lowest BCUT2D eigenvalue weighted by molar-refractivity contribution is -0.128. The normalized spacial score (nSPS) is 15.0. The minimum absolute atomic E-state index is 0.0228. The van der Waals surface area contributed by atoms with E-state index in [9.17, 15) is 9.59 Å². The quantitative estimate of drug-likeness (QED) is 0.717. The van der Waals surface area contributed by atoms with E-state index in [4.69, 9.17) is 0 Å². The summed E-state index contributed by atoms with van der Waals surface area (Å²) in [4.78, 5) is 28.5. The molecule has 1 fully saturated rings. The highest BCUT2D eigenvalue weighted by molar-refractivity contribution is 5.92. The van der Waals surface area contributed by atoms with E-state index in [1.807, 2.05) is 36.1 Å². The van der Waals surface area contributed by atoms with Crippen LogP contribution in [0.3, 0.4) is 0 Å². The Morgan fingerprint density at radius 3 is 2.43 bits per heavy atom. The maximum Gasteiger partial charge on any atom is 0.246 e. The van der Waals surface area contributed by atoms with Gasteiger partial charge in [0.25, 0.3) is 0 Å². The molecule has 1 aromatic carbocycles. The molecule has 3 rings (SSSR count). The van der Waals surface area contributed by atoms with Crippen LogP contribution in [0.1, 0.15) is 30.3 Å². The number of para-hydroxylation sites is 1. The molecule has 0 aliphatic carbocycles. The van der Waals surface area contributed by atoms with Gasteiger partial charge in [0.15, 0.2) is 0 Å². The molecule has 160 valence electrons. The predicted molar refractivity (Wildman–Crippen MR) is 121 cm³/mol. The van der Waals surface area contributed by atoms with Gasteiger partial charge < -0.3 is 14.8 Å². The van der Waals surface area contributed by atoms with Crippen molar-refractivity contribution in [1.29, 1.82) is 0 Å². The number of aryl methyl sites for hydroxylation is 1. The van der Waals surface area contributed by atoms with E-state index < -0.39 is 0 Å². The number of carbonyl (C=O) groups excluding carboxylic acids is 2. The van der Waals surface area contributed by atoms with Crippen molar-refractivity contribution >= 4 is 17.9 Å². The average Bonchev–Trinajstić information content (AvgIpc) is 3.04. The third-order valence-electron chi connectivity index (χ3n) is 5.51. The average molecular weight is 409 g/mol. The van der Waals surface area contributed by atoms with E-state index in [0.29, 0.717) is 26.2 Å². The van der Waals surface area contributed by atoms with Crippen molar-refractivity contribution in [1.82, 2.24) is 19.7 Å². The van der Waals surface area contributed by atoms with E-state index in [2.05, 4.69) is 46.8 Å². The molecule has 1 saturated heterocycles. The van der Waals surface area contributed by atoms with Crippen LogP contribution in [0.5, 0.6) is 0 Å². The molecule has 2 amide bonds. The Labute approximate surface area is 179 Å². The first kappa shape index (κ1) is 21.8. The van der Waals surface area contributed by atoms with Crippen molar-refractivity contribution in [3.8, 4) is 5.69 Å². The lowest BCUT2D eigenvalue weighted by atomic mass is 10.2. The Bertz CT molecular complexity index is 893. The molecule has 6 heteroatoms. The third-order valence-corrected chi connectivity index (χ3v) is 5.51. The van der Waals surface area contributed by atoms with Crippen LogP contribution in [0.2, 0.25) is 0 Å². The zero-order valence-electron chi connectivity index (χ0n) is 18.2. The third kappa shape index (κ3) is 5.39. The summed E-state index contributed by atoms with van der Waals surface area (Å²) < 4.78 is 2.20. The number of carbonyl (C=O) groups is 2. The SMILES string of the molecule is CCCNC(=O)CN1CCN(C(=O)/C=C/c2cc(C)n(-c3ccccc3)c2C)CC1. The number of piperazine rings is 1. The summed E-state index contributed by atoms with van der Waals surface area (Å²) in [5.41, 5.74) is 4.43. The molecule has 1 N–H and O–H groups in total. The zero-order valence-corrected chi connectivity index (χ0v) is 18.2. The number of hydrogen-bond donors (Lipinski definition) is 1. The van der Waals surface area contributed by atoms with Crippen LogP contribution in [0.15, 0.2) is 42.5 Å². The fraction of sp³-hybridized carbons (Fsp3) is 0.417. The van der Waals surface area contributed by atoms with Crippen molar-refractivity contribution in [2.24, 2.45) is 0 Å². The summed E-state index contributed by atoms with van der Waals surface area (Å²) in [6.07, 6.45) is 4.52. The van der Waals surface area contributed by atoms with Gasteiger partial charge in [-0.1, -0.05) is 25.1 Å². The molecule has 0 radical (unpaired) electrons. The summed E-state index contributed by atoms with van der Waals surface area (Å²) in [6.45, 7) is 10.1. The van der Waals surface area contributed by atoms with Gasteiger partial charge in [-0.2, -0.15) is 0 Å². The van der Waals surface area contributed by atoms with Gasteiger partial charge in [0.1, 0.15) is 0 Å². The van der Waals surface area contributed by atoms with Crippen molar-refractivity contribution in [3.63, 3.8) is 0 Å². The van der Waals surface area contributed by atoms with Gasteiger partial charge in [0.2, 0.25) is 11.8 Å². The molecular weight excluding hydrogens is 376 g/mol. The van der Waals surface area contributed by atoms with Crippen LogP contribution in [0.25, 0.3) is 11.8 Å². The fourth-order valence-electron chi connectivity index (χ4n) is 3.85. The number of nitrogens with zero attached hydrogens (tertiary/aromatic N) is 3. The van der Waals surface area contributed by atoms with Gasteiger partial charge in [-0.05, 0) is 50.1 Å². The molecule has 0 saturated carbocycles. The molecule has 2 heterocycles. The number of benzene rings is 1. The molecule has 2 aromatic rings. The topological polar surface area (TPSA) is 57.6 Å². The molecule has 0 unspecified atom stereocenters. The Kier molecular flexibility index (Phi) is 7.46. The Morgan fingerprint density at radius 1 is 1.07 bits per heavy atom. The summed E-state index contributed by atoms with van der Waals surface area (Å²) >= 11 is 0. The first-order valence-corrected chi connectivity index (χ1v) is 10.7. The second-order valence-electron chi connectivity index (χ2n) is 7.78. The van der Waals surface area contributed by atoms with Crippen LogP contribution in [-0.2, 0) is 9.59 Å². The van der Waals surface area contributed by atoms with Crippen LogP contribution >= 0.6 is 0 Å². The predicted octanol–water partition coefficient (Wildman–Crippen LogP) is 2.78. The minimum Gasteiger partial charge on any atom is -0.355 e. The fourth-order valence-corrected chi connectivity index (χ4v) is 3.85. The molecule has 0 atom stereocenters.